The van der Waals surface area contributed by atoms with E-state index in [0.717, 1.165) is 25.7 Å². The van der Waals surface area contributed by atoms with Crippen molar-refractivity contribution in [3.05, 3.63) is 23.8 Å². The van der Waals surface area contributed by atoms with Gasteiger partial charge in [-0.25, -0.2) is 4.79 Å². The number of hydrogen-bond donors (Lipinski definition) is 2. The first kappa shape index (κ1) is 19.0. The predicted molar refractivity (Wildman–Crippen MR) is 95.6 cm³/mol. The van der Waals surface area contributed by atoms with Crippen molar-refractivity contribution in [2.75, 3.05) is 13.2 Å². The average Bonchev–Trinajstić information content (AvgIpc) is 3.14. The van der Waals surface area contributed by atoms with E-state index < -0.39 is 24.0 Å². The molecule has 1 aliphatic heterocycles. The van der Waals surface area contributed by atoms with Crippen LogP contribution < -0.4 is 20.1 Å². The molecule has 2 N–H and O–H groups in total. The van der Waals surface area contributed by atoms with Crippen molar-refractivity contribution in [2.45, 2.75) is 51.2 Å². The van der Waals surface area contributed by atoms with Crippen LogP contribution in [0, 0.1) is 0 Å². The predicted octanol–water partition coefficient (Wildman–Crippen LogP) is 1.70. The van der Waals surface area contributed by atoms with Crippen LogP contribution >= 0.6 is 0 Å². The SMILES string of the molecule is C[C@H](OC(=O)Cc1ccc2c(c1)OCCO2)C(=O)NC(=O)NC1CCCC1. The second kappa shape index (κ2) is 8.75. The van der Waals surface area contributed by atoms with E-state index in [4.69, 9.17) is 14.2 Å². The fraction of sp³-hybridized carbons (Fsp3) is 0.526. The molecule has 0 unspecified atom stereocenters. The maximum atomic E-state index is 12.1. The van der Waals surface area contributed by atoms with Gasteiger partial charge in [-0.05, 0) is 37.5 Å². The number of urea groups is 1. The highest BCUT2D eigenvalue weighted by Crippen LogP contribution is 2.30. The van der Waals surface area contributed by atoms with Crippen molar-refractivity contribution < 1.29 is 28.6 Å². The first-order valence-corrected chi connectivity index (χ1v) is 9.20. The Hall–Kier alpha value is -2.77. The molecule has 0 spiro atoms. The number of hydrogen-bond acceptors (Lipinski definition) is 6. The molecule has 8 heteroatoms. The molecule has 1 aliphatic carbocycles. The summed E-state index contributed by atoms with van der Waals surface area (Å²) in [5.74, 6) is 0.00636. The lowest BCUT2D eigenvalue weighted by Gasteiger charge is -2.19. The third kappa shape index (κ3) is 5.35. The Kier molecular flexibility index (Phi) is 6.16. The van der Waals surface area contributed by atoms with Crippen LogP contribution in [0.3, 0.4) is 0 Å². The van der Waals surface area contributed by atoms with Crippen molar-refractivity contribution in [3.8, 4) is 11.5 Å². The molecule has 1 saturated carbocycles. The van der Waals surface area contributed by atoms with Gasteiger partial charge in [0.15, 0.2) is 17.6 Å². The summed E-state index contributed by atoms with van der Waals surface area (Å²) in [5, 5.41) is 4.96. The molecule has 1 fully saturated rings. The third-order valence-electron chi connectivity index (χ3n) is 4.56. The zero-order valence-electron chi connectivity index (χ0n) is 15.3. The van der Waals surface area contributed by atoms with E-state index in [9.17, 15) is 14.4 Å². The molecule has 146 valence electrons. The maximum absolute atomic E-state index is 12.1. The number of esters is 1. The van der Waals surface area contributed by atoms with Crippen molar-refractivity contribution in [2.24, 2.45) is 0 Å². The highest BCUT2D eigenvalue weighted by Gasteiger charge is 2.23. The summed E-state index contributed by atoms with van der Waals surface area (Å²) >= 11 is 0. The molecule has 0 bridgehead atoms. The van der Waals surface area contributed by atoms with E-state index in [1.807, 2.05) is 0 Å². The molecule has 1 atom stereocenters. The molecule has 8 nitrogen and oxygen atoms in total. The molecule has 1 heterocycles. The van der Waals surface area contributed by atoms with Gasteiger partial charge >= 0.3 is 12.0 Å². The highest BCUT2D eigenvalue weighted by atomic mass is 16.6. The fourth-order valence-corrected chi connectivity index (χ4v) is 3.16. The van der Waals surface area contributed by atoms with E-state index in [2.05, 4.69) is 10.6 Å². The minimum atomic E-state index is -1.07. The normalized spacial score (nSPS) is 17.1. The van der Waals surface area contributed by atoms with Gasteiger partial charge in [0.1, 0.15) is 13.2 Å². The first-order valence-electron chi connectivity index (χ1n) is 9.20. The standard InChI is InChI=1S/C19H24N2O6/c1-12(18(23)21-19(24)20-14-4-2-3-5-14)27-17(22)11-13-6-7-15-16(10-13)26-9-8-25-15/h6-7,10,12,14H,2-5,8-9,11H2,1H3,(H2,20,21,23,24)/t12-/m0/s1. The van der Waals surface area contributed by atoms with E-state index in [-0.39, 0.29) is 12.5 Å². The van der Waals surface area contributed by atoms with Crippen LogP contribution in [0.25, 0.3) is 0 Å². The maximum Gasteiger partial charge on any atom is 0.321 e. The molecular formula is C19H24N2O6. The van der Waals surface area contributed by atoms with E-state index in [1.165, 1.54) is 6.92 Å². The minimum absolute atomic E-state index is 0.0114. The van der Waals surface area contributed by atoms with Gasteiger partial charge in [0.25, 0.3) is 5.91 Å². The van der Waals surface area contributed by atoms with Crippen LogP contribution in [0.15, 0.2) is 18.2 Å². The summed E-state index contributed by atoms with van der Waals surface area (Å²) in [6.07, 6.45) is 2.91. The summed E-state index contributed by atoms with van der Waals surface area (Å²) in [6.45, 7) is 2.39. The lowest BCUT2D eigenvalue weighted by molar-refractivity contribution is -0.153. The fourth-order valence-electron chi connectivity index (χ4n) is 3.16. The molecule has 0 aromatic heterocycles. The average molecular weight is 376 g/mol. The number of amides is 3. The third-order valence-corrected chi connectivity index (χ3v) is 4.56. The van der Waals surface area contributed by atoms with Gasteiger partial charge in [0.2, 0.25) is 0 Å². The minimum Gasteiger partial charge on any atom is -0.486 e. The number of carbonyl (C=O) groups excluding carboxylic acids is 3. The Morgan fingerprint density at radius 2 is 1.85 bits per heavy atom. The molecule has 3 rings (SSSR count). The molecular weight excluding hydrogens is 352 g/mol. The number of carbonyl (C=O) groups is 3. The Balaban J connectivity index is 1.45. The van der Waals surface area contributed by atoms with Gasteiger partial charge in [0, 0.05) is 6.04 Å². The van der Waals surface area contributed by atoms with Crippen molar-refractivity contribution in [1.82, 2.24) is 10.6 Å². The second-order valence-electron chi connectivity index (χ2n) is 6.73. The summed E-state index contributed by atoms with van der Waals surface area (Å²) in [4.78, 5) is 35.9. The van der Waals surface area contributed by atoms with Crippen LogP contribution in [0.2, 0.25) is 0 Å². The summed E-state index contributed by atoms with van der Waals surface area (Å²) in [6, 6.07) is 4.75. The van der Waals surface area contributed by atoms with Gasteiger partial charge in [-0.15, -0.1) is 0 Å². The Bertz CT molecular complexity index is 714. The van der Waals surface area contributed by atoms with Crippen molar-refractivity contribution in [1.29, 1.82) is 0 Å². The van der Waals surface area contributed by atoms with Crippen molar-refractivity contribution >= 4 is 17.9 Å². The molecule has 2 aliphatic rings. The molecule has 0 radical (unpaired) electrons. The van der Waals surface area contributed by atoms with Gasteiger partial charge in [0.05, 0.1) is 6.42 Å². The second-order valence-corrected chi connectivity index (χ2v) is 6.73. The summed E-state index contributed by atoms with van der Waals surface area (Å²) < 4.78 is 16.0. The number of fused-ring (bicyclic) bond motifs is 1. The van der Waals surface area contributed by atoms with Crippen LogP contribution in [0.5, 0.6) is 11.5 Å². The van der Waals surface area contributed by atoms with Gasteiger partial charge in [-0.1, -0.05) is 18.9 Å². The largest absolute Gasteiger partial charge is 0.486 e. The number of nitrogens with one attached hydrogen (secondary N) is 2. The highest BCUT2D eigenvalue weighted by molar-refractivity contribution is 5.97. The van der Waals surface area contributed by atoms with Crippen LogP contribution in [0.4, 0.5) is 4.79 Å². The van der Waals surface area contributed by atoms with Gasteiger partial charge in [-0.2, -0.15) is 0 Å². The van der Waals surface area contributed by atoms with E-state index in [0.29, 0.717) is 30.3 Å². The lowest BCUT2D eigenvalue weighted by atomic mass is 10.1. The van der Waals surface area contributed by atoms with E-state index in [1.54, 1.807) is 18.2 Å². The van der Waals surface area contributed by atoms with Gasteiger partial charge < -0.3 is 19.5 Å². The molecule has 1 aromatic carbocycles. The number of benzene rings is 1. The quantitative estimate of drug-likeness (QED) is 0.758. The zero-order chi connectivity index (χ0) is 19.2. The molecule has 3 amide bonds. The Morgan fingerprint density at radius 3 is 2.59 bits per heavy atom. The molecule has 0 saturated heterocycles. The Labute approximate surface area is 157 Å². The summed E-state index contributed by atoms with van der Waals surface area (Å²) in [5.41, 5.74) is 0.691. The zero-order valence-corrected chi connectivity index (χ0v) is 15.3. The first-order chi connectivity index (χ1) is 13.0. The van der Waals surface area contributed by atoms with Crippen molar-refractivity contribution in [3.63, 3.8) is 0 Å². The van der Waals surface area contributed by atoms with Crippen LogP contribution in [-0.4, -0.2) is 43.3 Å². The smallest absolute Gasteiger partial charge is 0.321 e. The van der Waals surface area contributed by atoms with E-state index >= 15 is 0 Å². The monoisotopic (exact) mass is 376 g/mol. The van der Waals surface area contributed by atoms with Crippen LogP contribution in [-0.2, 0) is 20.7 Å². The lowest BCUT2D eigenvalue weighted by Crippen LogP contribution is -2.47. The van der Waals surface area contributed by atoms with Gasteiger partial charge in [-0.3, -0.25) is 14.9 Å². The number of imide groups is 1. The Morgan fingerprint density at radius 1 is 1.15 bits per heavy atom. The number of ether oxygens (including phenoxy) is 3. The molecule has 27 heavy (non-hydrogen) atoms. The number of rotatable bonds is 5. The summed E-state index contributed by atoms with van der Waals surface area (Å²) in [7, 11) is 0. The topological polar surface area (TPSA) is 103 Å². The molecule has 1 aromatic rings. The van der Waals surface area contributed by atoms with Crippen LogP contribution in [0.1, 0.15) is 38.2 Å².